The Kier molecular flexibility index (Phi) is 8.67. The Morgan fingerprint density at radius 1 is 0.733 bits per heavy atom. The van der Waals surface area contributed by atoms with Gasteiger partial charge in [0, 0.05) is 0 Å². The van der Waals surface area contributed by atoms with Gasteiger partial charge in [-0.05, 0) is 0 Å². The number of furan rings is 2. The van der Waals surface area contributed by atoms with Crippen LogP contribution in [0.15, 0.2) is 80.1 Å². The summed E-state index contributed by atoms with van der Waals surface area (Å²) in [6.07, 6.45) is 8.36. The maximum atomic E-state index is 5.75. The topological polar surface area (TPSA) is 26.3 Å². The number of halogens is 2. The van der Waals surface area contributed by atoms with Crippen molar-refractivity contribution >= 4 is 16.6 Å². The number of hydrogen-bond acceptors (Lipinski definition) is 2. The van der Waals surface area contributed by atoms with E-state index in [0.717, 1.165) is 11.5 Å². The molecule has 30 heavy (non-hydrogen) atoms. The maximum Gasteiger partial charge on any atom is -1.00 e. The van der Waals surface area contributed by atoms with Crippen LogP contribution in [0.5, 0.6) is 0 Å². The predicted octanol–water partition coefficient (Wildman–Crippen LogP) is 1.49. The van der Waals surface area contributed by atoms with Crippen molar-refractivity contribution in [2.45, 2.75) is 48.0 Å². The van der Waals surface area contributed by atoms with Crippen LogP contribution in [0.4, 0.5) is 0 Å². The van der Waals surface area contributed by atoms with Crippen LogP contribution in [0.3, 0.4) is 0 Å². The van der Waals surface area contributed by atoms with Gasteiger partial charge in [-0.3, -0.25) is 0 Å². The van der Waals surface area contributed by atoms with Crippen molar-refractivity contribution in [3.05, 3.63) is 82.8 Å². The molecule has 0 aromatic carbocycles. The Bertz CT molecular complexity index is 986. The van der Waals surface area contributed by atoms with Crippen LogP contribution in [-0.4, -0.2) is 5.43 Å². The third kappa shape index (κ3) is 4.39. The standard InChI is InChI=1S/2C11H11O.C2H6Si.2ClH.Zr/c2*1-8-6-9(2)10(7-8)11-4-3-5-12-11;1-3-2;;;/h2*3-7H,1-2H3;1-2H3;2*1H;/q;;;;;+2/p-2. The molecule has 158 valence electrons. The first-order valence-corrected chi connectivity index (χ1v) is 19.0. The molecular weight excluding hydrogens is 510 g/mol. The van der Waals surface area contributed by atoms with Crippen LogP contribution in [0.1, 0.15) is 39.2 Å². The zero-order valence-electron chi connectivity index (χ0n) is 18.3. The molecule has 2 nitrogen and oxygen atoms in total. The predicted molar refractivity (Wildman–Crippen MR) is 115 cm³/mol. The van der Waals surface area contributed by atoms with Crippen molar-refractivity contribution in [2.24, 2.45) is 0 Å². The first-order chi connectivity index (χ1) is 13.4. The van der Waals surface area contributed by atoms with Gasteiger partial charge in [-0.2, -0.15) is 0 Å². The third-order valence-corrected chi connectivity index (χ3v) is 26.7. The minimum absolute atomic E-state index is 0. The van der Waals surface area contributed by atoms with Gasteiger partial charge in [-0.25, -0.2) is 0 Å². The SMILES string of the molecule is CC1=CC(c2ccco2)=C(C)[CH]1[Zr+2]([CH]1C(C)=CC(c2ccco2)=C1C)=[Si](C)C.[Cl-].[Cl-]. The van der Waals surface area contributed by atoms with E-state index in [0.29, 0.717) is 7.25 Å². The van der Waals surface area contributed by atoms with E-state index in [4.69, 9.17) is 8.83 Å². The molecule has 0 aliphatic heterocycles. The van der Waals surface area contributed by atoms with Gasteiger partial charge in [0.2, 0.25) is 0 Å². The number of hydrogen-bond donors (Lipinski definition) is 0. The molecule has 2 heterocycles. The van der Waals surface area contributed by atoms with E-state index >= 15 is 0 Å². The molecule has 4 rings (SSSR count). The second kappa shape index (κ2) is 10.2. The van der Waals surface area contributed by atoms with Crippen molar-refractivity contribution in [3.8, 4) is 0 Å². The molecule has 0 radical (unpaired) electrons. The van der Waals surface area contributed by atoms with E-state index in [1.165, 1.54) is 11.1 Å². The molecule has 0 amide bonds. The van der Waals surface area contributed by atoms with Crippen LogP contribution >= 0.6 is 0 Å². The molecule has 0 bridgehead atoms. The number of allylic oxidation sites excluding steroid dienone is 8. The molecule has 2 aromatic heterocycles. The van der Waals surface area contributed by atoms with Crippen LogP contribution in [0.2, 0.25) is 20.3 Å². The Balaban J connectivity index is 0.00000160. The van der Waals surface area contributed by atoms with Gasteiger partial charge < -0.3 is 24.8 Å². The minimum atomic E-state index is -1.90. The van der Waals surface area contributed by atoms with Gasteiger partial charge in [0.05, 0.1) is 0 Å². The summed E-state index contributed by atoms with van der Waals surface area (Å²) < 4.78 is 12.8. The van der Waals surface area contributed by atoms with Gasteiger partial charge in [0.1, 0.15) is 0 Å². The van der Waals surface area contributed by atoms with Gasteiger partial charge in [-0.1, -0.05) is 0 Å². The van der Waals surface area contributed by atoms with Gasteiger partial charge in [0.15, 0.2) is 0 Å². The molecule has 0 N–H and O–H groups in total. The Labute approximate surface area is 200 Å². The van der Waals surface area contributed by atoms with Crippen molar-refractivity contribution < 1.29 is 54.0 Å². The van der Waals surface area contributed by atoms with Crippen LogP contribution in [0.25, 0.3) is 11.1 Å². The van der Waals surface area contributed by atoms with E-state index in [-0.39, 0.29) is 30.2 Å². The summed E-state index contributed by atoms with van der Waals surface area (Å²) in [6.45, 7) is 14.5. The second-order valence-corrected chi connectivity index (χ2v) is 26.1. The first-order valence-electron chi connectivity index (χ1n) is 9.93. The minimum Gasteiger partial charge on any atom is -1.00 e. The Morgan fingerprint density at radius 3 is 1.43 bits per heavy atom. The van der Waals surface area contributed by atoms with Crippen molar-refractivity contribution in [1.82, 2.24) is 0 Å². The Morgan fingerprint density at radius 2 is 1.13 bits per heavy atom. The number of rotatable bonds is 4. The molecule has 2 aliphatic rings. The van der Waals surface area contributed by atoms with E-state index in [2.05, 4.69) is 65.1 Å². The fourth-order valence-electron chi connectivity index (χ4n) is 4.94. The molecule has 0 spiro atoms. The van der Waals surface area contributed by atoms with E-state index in [9.17, 15) is 0 Å². The summed E-state index contributed by atoms with van der Waals surface area (Å²) in [5, 5.41) is 0. The molecular formula is C24H28Cl2O2SiZr. The normalized spacial score (nSPS) is 20.3. The summed E-state index contributed by atoms with van der Waals surface area (Å²) in [7, 11) is 0. The summed E-state index contributed by atoms with van der Waals surface area (Å²) in [6, 6.07) is 8.18. The molecule has 2 atom stereocenters. The summed E-state index contributed by atoms with van der Waals surface area (Å²) in [5.41, 5.74) is 8.46. The van der Waals surface area contributed by atoms with Crippen LogP contribution in [0, 0.1) is 0 Å². The van der Waals surface area contributed by atoms with E-state index < -0.39 is 20.4 Å². The monoisotopic (exact) mass is 536 g/mol. The second-order valence-electron chi connectivity index (χ2n) is 8.25. The zero-order valence-corrected chi connectivity index (χ0v) is 23.3. The fourth-order valence-corrected chi connectivity index (χ4v) is 26.6. The molecule has 6 heteroatoms. The van der Waals surface area contributed by atoms with Gasteiger partial charge >= 0.3 is 177 Å². The average molecular weight is 539 g/mol. The molecule has 2 aliphatic carbocycles. The third-order valence-electron chi connectivity index (χ3n) is 6.14. The largest absolute Gasteiger partial charge is 1.00 e. The van der Waals surface area contributed by atoms with Crippen molar-refractivity contribution in [3.63, 3.8) is 0 Å². The van der Waals surface area contributed by atoms with Crippen LogP contribution in [-0.2, 0) is 20.4 Å². The summed E-state index contributed by atoms with van der Waals surface area (Å²) in [5.74, 6) is 2.04. The smallest absolute Gasteiger partial charge is 1.00 e. The van der Waals surface area contributed by atoms with Crippen molar-refractivity contribution in [2.75, 3.05) is 0 Å². The molecule has 0 saturated carbocycles. The maximum absolute atomic E-state index is 5.75. The van der Waals surface area contributed by atoms with Crippen molar-refractivity contribution in [1.29, 1.82) is 0 Å². The quantitative estimate of drug-likeness (QED) is 0.552. The fraction of sp³-hybridized carbons (Fsp3) is 0.333. The zero-order chi connectivity index (χ0) is 20.0. The molecule has 0 saturated heterocycles. The van der Waals surface area contributed by atoms with E-state index in [1.54, 1.807) is 34.8 Å². The summed E-state index contributed by atoms with van der Waals surface area (Å²) in [4.78, 5) is 0. The summed E-state index contributed by atoms with van der Waals surface area (Å²) >= 11 is -1.90. The average Bonchev–Trinajstić information content (AvgIpc) is 3.42. The Hall–Kier alpha value is -0.800. The molecule has 0 fully saturated rings. The van der Waals surface area contributed by atoms with E-state index in [1.807, 2.05) is 12.1 Å². The van der Waals surface area contributed by atoms with Gasteiger partial charge in [0.25, 0.3) is 0 Å². The van der Waals surface area contributed by atoms with Gasteiger partial charge in [-0.15, -0.1) is 0 Å². The molecule has 2 aromatic rings. The first kappa shape index (κ1) is 25.5. The molecule has 2 unspecified atom stereocenters. The van der Waals surface area contributed by atoms with Crippen LogP contribution < -0.4 is 24.8 Å².